The molecular formula is C10H14O2. The molecule has 0 aromatic heterocycles. The average molecular weight is 166 g/mol. The van der Waals surface area contributed by atoms with Gasteiger partial charge in [-0.05, 0) is 25.7 Å². The van der Waals surface area contributed by atoms with Gasteiger partial charge in [0, 0.05) is 0 Å². The Morgan fingerprint density at radius 2 is 2.58 bits per heavy atom. The third-order valence-electron chi connectivity index (χ3n) is 2.26. The fourth-order valence-corrected chi connectivity index (χ4v) is 1.48. The molecule has 1 N–H and O–H groups in total. The molecule has 0 saturated carbocycles. The summed E-state index contributed by atoms with van der Waals surface area (Å²) in [5, 5.41) is 8.70. The average Bonchev–Trinajstić information content (AvgIpc) is 2.06. The van der Waals surface area contributed by atoms with E-state index in [1.54, 1.807) is 0 Å². The molecule has 2 nitrogen and oxygen atoms in total. The molecule has 0 amide bonds. The molecule has 0 aliphatic heterocycles. The number of hydrogen-bond acceptors (Lipinski definition) is 1. The Bertz CT molecular complexity index is 216. The lowest BCUT2D eigenvalue weighted by Gasteiger charge is -2.17. The standard InChI is InChI=1S/C10H14O2/c1-2-3-8-4-6-9(7-5-8)10(11)12/h2,4,9H,1,3,5-7H2,(H,11,12). The summed E-state index contributed by atoms with van der Waals surface area (Å²) in [4.78, 5) is 10.6. The van der Waals surface area contributed by atoms with Crippen molar-refractivity contribution in [3.05, 3.63) is 24.3 Å². The molecule has 0 heterocycles. The van der Waals surface area contributed by atoms with Gasteiger partial charge in [-0.3, -0.25) is 4.79 Å². The minimum atomic E-state index is -0.663. The van der Waals surface area contributed by atoms with E-state index in [2.05, 4.69) is 6.58 Å². The second-order valence-corrected chi connectivity index (χ2v) is 3.16. The summed E-state index contributed by atoms with van der Waals surface area (Å²) in [6.45, 7) is 3.65. The molecular weight excluding hydrogens is 152 g/mol. The van der Waals surface area contributed by atoms with Crippen molar-refractivity contribution in [2.75, 3.05) is 0 Å². The van der Waals surface area contributed by atoms with Crippen LogP contribution in [0.15, 0.2) is 24.3 Å². The van der Waals surface area contributed by atoms with Gasteiger partial charge < -0.3 is 5.11 Å². The molecule has 0 aromatic rings. The van der Waals surface area contributed by atoms with Gasteiger partial charge in [-0.25, -0.2) is 0 Å². The highest BCUT2D eigenvalue weighted by molar-refractivity contribution is 5.70. The maximum absolute atomic E-state index is 10.6. The number of rotatable bonds is 3. The lowest BCUT2D eigenvalue weighted by molar-refractivity contribution is -0.141. The zero-order valence-corrected chi connectivity index (χ0v) is 7.12. The van der Waals surface area contributed by atoms with Crippen LogP contribution in [0.1, 0.15) is 25.7 Å². The van der Waals surface area contributed by atoms with Crippen molar-refractivity contribution in [2.24, 2.45) is 5.92 Å². The maximum atomic E-state index is 10.6. The lowest BCUT2D eigenvalue weighted by Crippen LogP contribution is -2.15. The van der Waals surface area contributed by atoms with Crippen LogP contribution in [-0.4, -0.2) is 11.1 Å². The topological polar surface area (TPSA) is 37.3 Å². The third-order valence-corrected chi connectivity index (χ3v) is 2.26. The fraction of sp³-hybridized carbons (Fsp3) is 0.500. The van der Waals surface area contributed by atoms with Crippen molar-refractivity contribution < 1.29 is 9.90 Å². The number of hydrogen-bond donors (Lipinski definition) is 1. The van der Waals surface area contributed by atoms with E-state index in [-0.39, 0.29) is 5.92 Å². The summed E-state index contributed by atoms with van der Waals surface area (Å²) >= 11 is 0. The summed E-state index contributed by atoms with van der Waals surface area (Å²) in [6.07, 6.45) is 7.22. The van der Waals surface area contributed by atoms with Crippen molar-refractivity contribution >= 4 is 5.97 Å². The highest BCUT2D eigenvalue weighted by atomic mass is 16.4. The van der Waals surface area contributed by atoms with Crippen LogP contribution in [0.25, 0.3) is 0 Å². The SMILES string of the molecule is C=CCC1=CCC(C(=O)O)CC1. The molecule has 1 aliphatic rings. The van der Waals surface area contributed by atoms with Gasteiger partial charge in [-0.1, -0.05) is 17.7 Å². The van der Waals surface area contributed by atoms with Gasteiger partial charge in [-0.15, -0.1) is 6.58 Å². The normalized spacial score (nSPS) is 23.0. The molecule has 2 heteroatoms. The molecule has 12 heavy (non-hydrogen) atoms. The quantitative estimate of drug-likeness (QED) is 0.653. The van der Waals surface area contributed by atoms with Gasteiger partial charge >= 0.3 is 5.97 Å². The second kappa shape index (κ2) is 4.10. The Balaban J connectivity index is 2.47. The van der Waals surface area contributed by atoms with Crippen LogP contribution in [0, 0.1) is 5.92 Å². The van der Waals surface area contributed by atoms with E-state index < -0.39 is 5.97 Å². The molecule has 1 unspecified atom stereocenters. The highest BCUT2D eigenvalue weighted by Gasteiger charge is 2.19. The molecule has 0 bridgehead atoms. The molecule has 0 fully saturated rings. The summed E-state index contributed by atoms with van der Waals surface area (Å²) in [7, 11) is 0. The Kier molecular flexibility index (Phi) is 3.09. The van der Waals surface area contributed by atoms with Crippen LogP contribution in [-0.2, 0) is 4.79 Å². The minimum Gasteiger partial charge on any atom is -0.481 e. The van der Waals surface area contributed by atoms with Crippen molar-refractivity contribution in [2.45, 2.75) is 25.7 Å². The van der Waals surface area contributed by atoms with Crippen molar-refractivity contribution in [3.8, 4) is 0 Å². The zero-order chi connectivity index (χ0) is 8.97. The highest BCUT2D eigenvalue weighted by Crippen LogP contribution is 2.25. The summed E-state index contributed by atoms with van der Waals surface area (Å²) in [5.74, 6) is -0.817. The Hall–Kier alpha value is -1.05. The number of carboxylic acids is 1. The Morgan fingerprint density at radius 1 is 1.83 bits per heavy atom. The smallest absolute Gasteiger partial charge is 0.306 e. The number of carbonyl (C=O) groups is 1. The van der Waals surface area contributed by atoms with Crippen LogP contribution < -0.4 is 0 Å². The molecule has 0 aromatic carbocycles. The molecule has 66 valence electrons. The van der Waals surface area contributed by atoms with E-state index >= 15 is 0 Å². The van der Waals surface area contributed by atoms with E-state index in [4.69, 9.17) is 5.11 Å². The molecule has 0 saturated heterocycles. The minimum absolute atomic E-state index is 0.154. The van der Waals surface area contributed by atoms with Gasteiger partial charge in [0.15, 0.2) is 0 Å². The van der Waals surface area contributed by atoms with Gasteiger partial charge in [-0.2, -0.15) is 0 Å². The molecule has 1 aliphatic carbocycles. The van der Waals surface area contributed by atoms with E-state index in [1.165, 1.54) is 5.57 Å². The van der Waals surface area contributed by atoms with Crippen molar-refractivity contribution in [1.29, 1.82) is 0 Å². The second-order valence-electron chi connectivity index (χ2n) is 3.16. The number of carboxylic acid groups (broad SMARTS) is 1. The monoisotopic (exact) mass is 166 g/mol. The van der Waals surface area contributed by atoms with E-state index in [0.717, 1.165) is 19.3 Å². The van der Waals surface area contributed by atoms with Crippen LogP contribution in [0.3, 0.4) is 0 Å². The molecule has 0 radical (unpaired) electrons. The van der Waals surface area contributed by atoms with Crippen LogP contribution in [0.5, 0.6) is 0 Å². The van der Waals surface area contributed by atoms with E-state index in [9.17, 15) is 4.79 Å². The third kappa shape index (κ3) is 2.22. The van der Waals surface area contributed by atoms with Gasteiger partial charge in [0.25, 0.3) is 0 Å². The predicted octanol–water partition coefficient (Wildman–Crippen LogP) is 2.37. The van der Waals surface area contributed by atoms with E-state index in [0.29, 0.717) is 6.42 Å². The van der Waals surface area contributed by atoms with Gasteiger partial charge in [0.05, 0.1) is 5.92 Å². The largest absolute Gasteiger partial charge is 0.481 e. The first-order valence-electron chi connectivity index (χ1n) is 4.25. The van der Waals surface area contributed by atoms with Gasteiger partial charge in [0.2, 0.25) is 0 Å². The lowest BCUT2D eigenvalue weighted by atomic mass is 9.88. The molecule has 1 atom stereocenters. The summed E-state index contributed by atoms with van der Waals surface area (Å²) in [6, 6.07) is 0. The van der Waals surface area contributed by atoms with Crippen LogP contribution in [0.2, 0.25) is 0 Å². The molecule has 1 rings (SSSR count). The molecule has 0 spiro atoms. The van der Waals surface area contributed by atoms with Crippen LogP contribution in [0.4, 0.5) is 0 Å². The summed E-state index contributed by atoms with van der Waals surface area (Å²) in [5.41, 5.74) is 1.34. The first kappa shape index (κ1) is 9.04. The van der Waals surface area contributed by atoms with E-state index in [1.807, 2.05) is 12.2 Å². The zero-order valence-electron chi connectivity index (χ0n) is 7.12. The number of aliphatic carboxylic acids is 1. The van der Waals surface area contributed by atoms with Gasteiger partial charge in [0.1, 0.15) is 0 Å². The first-order chi connectivity index (χ1) is 5.74. The Labute approximate surface area is 72.6 Å². The first-order valence-corrected chi connectivity index (χ1v) is 4.25. The maximum Gasteiger partial charge on any atom is 0.306 e. The number of allylic oxidation sites excluding steroid dienone is 3. The Morgan fingerprint density at radius 3 is 3.00 bits per heavy atom. The fourth-order valence-electron chi connectivity index (χ4n) is 1.48. The predicted molar refractivity (Wildman–Crippen MR) is 47.9 cm³/mol. The van der Waals surface area contributed by atoms with Crippen molar-refractivity contribution in [1.82, 2.24) is 0 Å². The summed E-state index contributed by atoms with van der Waals surface area (Å²) < 4.78 is 0. The van der Waals surface area contributed by atoms with Crippen molar-refractivity contribution in [3.63, 3.8) is 0 Å². The van der Waals surface area contributed by atoms with Crippen LogP contribution >= 0.6 is 0 Å².